The summed E-state index contributed by atoms with van der Waals surface area (Å²) in [5.74, 6) is 1.41. The Morgan fingerprint density at radius 3 is 1.47 bits per heavy atom. The zero-order valence-electron chi connectivity index (χ0n) is 22.2. The smallest absolute Gasteiger partial charge is 0.321 e. The third-order valence-electron chi connectivity index (χ3n) is 5.63. The molecule has 0 unspecified atom stereocenters. The summed E-state index contributed by atoms with van der Waals surface area (Å²) in [4.78, 5) is 0. The van der Waals surface area contributed by atoms with Crippen molar-refractivity contribution >= 4 is 0 Å². The molecule has 32 heavy (non-hydrogen) atoms. The van der Waals surface area contributed by atoms with Crippen LogP contribution in [-0.2, 0) is 18.9 Å². The molecule has 0 saturated carbocycles. The molecule has 0 aliphatic rings. The van der Waals surface area contributed by atoms with Crippen molar-refractivity contribution in [1.29, 1.82) is 0 Å². The van der Waals surface area contributed by atoms with Gasteiger partial charge in [0, 0.05) is 6.42 Å². The molecule has 0 aromatic rings. The van der Waals surface area contributed by atoms with Crippen molar-refractivity contribution < 1.29 is 18.9 Å². The molecule has 0 fully saturated rings. The topological polar surface area (TPSA) is 36.9 Å². The molecule has 0 aromatic heterocycles. The van der Waals surface area contributed by atoms with E-state index >= 15 is 0 Å². The van der Waals surface area contributed by atoms with Gasteiger partial charge in [-0.3, -0.25) is 0 Å². The summed E-state index contributed by atoms with van der Waals surface area (Å²) in [5, 5.41) is 0. The zero-order chi connectivity index (χ0) is 23.5. The first-order valence-electron chi connectivity index (χ1n) is 14.0. The van der Waals surface area contributed by atoms with E-state index in [2.05, 4.69) is 27.7 Å². The van der Waals surface area contributed by atoms with Crippen LogP contribution < -0.4 is 0 Å². The predicted molar refractivity (Wildman–Crippen MR) is 137 cm³/mol. The third-order valence-corrected chi connectivity index (χ3v) is 5.63. The van der Waals surface area contributed by atoms with E-state index in [4.69, 9.17) is 18.9 Å². The quantitative estimate of drug-likeness (QED) is 0.0738. The van der Waals surface area contributed by atoms with Crippen LogP contribution in [0, 0.1) is 0 Å². The standard InChI is InChI=1S/C28H56O4/c1-5-9-12-15-16-17-18-19-23-29-26-32-28(31-25-21-14-11-7-3)27(22-8-4)30-24-20-13-10-6-2/h5-26H2,1-4H3. The van der Waals surface area contributed by atoms with E-state index in [1.165, 1.54) is 83.5 Å². The SMILES string of the molecule is CCCCCCCCCCOCOC(OCCCCCC)=C(CCC)OCCCCCC. The maximum absolute atomic E-state index is 6.09. The van der Waals surface area contributed by atoms with E-state index in [9.17, 15) is 0 Å². The third kappa shape index (κ3) is 21.0. The predicted octanol–water partition coefficient (Wildman–Crippen LogP) is 9.28. The average Bonchev–Trinajstić information content (AvgIpc) is 2.80. The molecule has 192 valence electrons. The molecule has 0 N–H and O–H groups in total. The van der Waals surface area contributed by atoms with E-state index < -0.39 is 0 Å². The first kappa shape index (κ1) is 31.1. The van der Waals surface area contributed by atoms with Crippen LogP contribution >= 0.6 is 0 Å². The molecule has 0 aromatic carbocycles. The van der Waals surface area contributed by atoms with Crippen molar-refractivity contribution in [2.75, 3.05) is 26.6 Å². The highest BCUT2D eigenvalue weighted by Gasteiger charge is 2.12. The number of hydrogen-bond donors (Lipinski definition) is 0. The normalized spacial score (nSPS) is 12.0. The molecule has 0 bridgehead atoms. The van der Waals surface area contributed by atoms with Crippen LogP contribution in [0.5, 0.6) is 0 Å². The molecule has 0 saturated heterocycles. The Hall–Kier alpha value is -0.900. The van der Waals surface area contributed by atoms with Crippen LogP contribution in [0.4, 0.5) is 0 Å². The highest BCUT2D eigenvalue weighted by atomic mass is 16.7. The van der Waals surface area contributed by atoms with E-state index in [0.717, 1.165) is 51.1 Å². The highest BCUT2D eigenvalue weighted by Crippen LogP contribution is 2.18. The summed E-state index contributed by atoms with van der Waals surface area (Å²) in [6.45, 7) is 11.3. The molecule has 0 atom stereocenters. The van der Waals surface area contributed by atoms with Crippen LogP contribution in [0.1, 0.15) is 143 Å². The average molecular weight is 457 g/mol. The van der Waals surface area contributed by atoms with Gasteiger partial charge in [-0.15, -0.1) is 0 Å². The first-order valence-corrected chi connectivity index (χ1v) is 14.0. The minimum absolute atomic E-state index is 0.243. The van der Waals surface area contributed by atoms with E-state index in [0.29, 0.717) is 12.6 Å². The molecular formula is C28H56O4. The van der Waals surface area contributed by atoms with Crippen molar-refractivity contribution in [1.82, 2.24) is 0 Å². The molecule has 0 spiro atoms. The molecule has 0 aliphatic heterocycles. The van der Waals surface area contributed by atoms with Gasteiger partial charge in [-0.2, -0.15) is 0 Å². The van der Waals surface area contributed by atoms with Crippen LogP contribution in [0.3, 0.4) is 0 Å². The maximum atomic E-state index is 6.09. The molecule has 0 rings (SSSR count). The Morgan fingerprint density at radius 1 is 0.438 bits per heavy atom. The van der Waals surface area contributed by atoms with Gasteiger partial charge in [0.05, 0.1) is 19.8 Å². The number of rotatable bonds is 26. The number of unbranched alkanes of at least 4 members (excludes halogenated alkanes) is 13. The van der Waals surface area contributed by atoms with Crippen molar-refractivity contribution in [2.45, 2.75) is 143 Å². The van der Waals surface area contributed by atoms with Gasteiger partial charge in [-0.25, -0.2) is 0 Å². The van der Waals surface area contributed by atoms with Gasteiger partial charge in [0.15, 0.2) is 12.6 Å². The molecular weight excluding hydrogens is 400 g/mol. The number of allylic oxidation sites excluding steroid dienone is 1. The fourth-order valence-electron chi connectivity index (χ4n) is 3.57. The van der Waals surface area contributed by atoms with Gasteiger partial charge in [0.1, 0.15) is 0 Å². The molecule has 4 heteroatoms. The summed E-state index contributed by atoms with van der Waals surface area (Å²) in [7, 11) is 0. The number of ether oxygens (including phenoxy) is 4. The zero-order valence-corrected chi connectivity index (χ0v) is 22.2. The van der Waals surface area contributed by atoms with Gasteiger partial charge in [-0.1, -0.05) is 111 Å². The summed E-state index contributed by atoms with van der Waals surface area (Å²) < 4.78 is 23.8. The Labute approximate surface area is 200 Å². The van der Waals surface area contributed by atoms with Crippen LogP contribution in [0.25, 0.3) is 0 Å². The fourth-order valence-corrected chi connectivity index (χ4v) is 3.57. The largest absolute Gasteiger partial charge is 0.491 e. The van der Waals surface area contributed by atoms with Crippen LogP contribution in [0.2, 0.25) is 0 Å². The monoisotopic (exact) mass is 456 g/mol. The number of hydrogen-bond acceptors (Lipinski definition) is 4. The Kier molecular flexibility index (Phi) is 25.6. The van der Waals surface area contributed by atoms with E-state index in [1.807, 2.05) is 0 Å². The summed E-state index contributed by atoms with van der Waals surface area (Å²) in [6.07, 6.45) is 21.8. The van der Waals surface area contributed by atoms with Gasteiger partial charge in [0.25, 0.3) is 0 Å². The summed E-state index contributed by atoms with van der Waals surface area (Å²) in [5.41, 5.74) is 0. The molecule has 0 heterocycles. The molecule has 0 radical (unpaired) electrons. The van der Waals surface area contributed by atoms with Gasteiger partial charge in [-0.05, 0) is 25.7 Å². The second kappa shape index (κ2) is 26.4. The summed E-state index contributed by atoms with van der Waals surface area (Å²) in [6, 6.07) is 0. The van der Waals surface area contributed by atoms with Crippen molar-refractivity contribution in [3.05, 3.63) is 11.7 Å². The van der Waals surface area contributed by atoms with E-state index in [-0.39, 0.29) is 6.79 Å². The highest BCUT2D eigenvalue weighted by molar-refractivity contribution is 4.95. The van der Waals surface area contributed by atoms with E-state index in [1.54, 1.807) is 0 Å². The lowest BCUT2D eigenvalue weighted by Gasteiger charge is -2.17. The van der Waals surface area contributed by atoms with Crippen molar-refractivity contribution in [2.24, 2.45) is 0 Å². The van der Waals surface area contributed by atoms with Gasteiger partial charge >= 0.3 is 5.95 Å². The maximum Gasteiger partial charge on any atom is 0.321 e. The minimum atomic E-state index is 0.243. The molecule has 4 nitrogen and oxygen atoms in total. The fraction of sp³-hybridized carbons (Fsp3) is 0.929. The molecule has 0 aliphatic carbocycles. The van der Waals surface area contributed by atoms with Crippen molar-refractivity contribution in [3.63, 3.8) is 0 Å². The Morgan fingerprint density at radius 2 is 0.906 bits per heavy atom. The summed E-state index contributed by atoms with van der Waals surface area (Å²) >= 11 is 0. The van der Waals surface area contributed by atoms with Crippen LogP contribution in [0.15, 0.2) is 11.7 Å². The second-order valence-corrected chi connectivity index (χ2v) is 8.92. The van der Waals surface area contributed by atoms with Gasteiger partial charge < -0.3 is 18.9 Å². The first-order chi connectivity index (χ1) is 15.8. The second-order valence-electron chi connectivity index (χ2n) is 8.92. The lowest BCUT2D eigenvalue weighted by Crippen LogP contribution is -2.10. The lowest BCUT2D eigenvalue weighted by molar-refractivity contribution is -0.0845. The Bertz CT molecular complexity index is 395. The lowest BCUT2D eigenvalue weighted by atomic mass is 10.1. The van der Waals surface area contributed by atoms with Gasteiger partial charge in [0.2, 0.25) is 0 Å². The molecule has 0 amide bonds. The van der Waals surface area contributed by atoms with Crippen molar-refractivity contribution in [3.8, 4) is 0 Å². The van der Waals surface area contributed by atoms with Crippen LogP contribution in [-0.4, -0.2) is 26.6 Å². The Balaban J connectivity index is 4.32. The minimum Gasteiger partial charge on any atom is -0.491 e.